The molecule has 2 amide bonds. The highest BCUT2D eigenvalue weighted by Crippen LogP contribution is 2.16. The van der Waals surface area contributed by atoms with Gasteiger partial charge < -0.3 is 15.1 Å². The zero-order chi connectivity index (χ0) is 15.2. The Labute approximate surface area is 128 Å². The molecule has 1 aliphatic heterocycles. The Morgan fingerprint density at radius 2 is 2.33 bits per heavy atom. The van der Waals surface area contributed by atoms with Crippen LogP contribution >= 0.6 is 12.2 Å². The minimum Gasteiger partial charge on any atom is -0.465 e. The van der Waals surface area contributed by atoms with Crippen LogP contribution in [0.2, 0.25) is 0 Å². The van der Waals surface area contributed by atoms with E-state index in [0.717, 1.165) is 12.8 Å². The molecule has 1 saturated heterocycles. The second-order valence-electron chi connectivity index (χ2n) is 4.83. The molecule has 0 radical (unpaired) electrons. The summed E-state index contributed by atoms with van der Waals surface area (Å²) in [6, 6.07) is 3.48. The summed E-state index contributed by atoms with van der Waals surface area (Å²) in [4.78, 5) is 24.8. The molecule has 2 heterocycles. The molecule has 1 aromatic rings. The maximum atomic E-state index is 11.8. The molecule has 2 rings (SSSR count). The lowest BCUT2D eigenvalue weighted by Gasteiger charge is -2.32. The number of nitrogens with two attached hydrogens (primary N) is 1. The van der Waals surface area contributed by atoms with Crippen molar-refractivity contribution in [2.45, 2.75) is 12.8 Å². The van der Waals surface area contributed by atoms with Crippen LogP contribution in [0.4, 0.5) is 0 Å². The minimum atomic E-state index is -0.336. The molecule has 6 nitrogen and oxygen atoms in total. The quantitative estimate of drug-likeness (QED) is 0.639. The second-order valence-corrected chi connectivity index (χ2v) is 5.22. The molecular weight excluding hydrogens is 290 g/mol. The van der Waals surface area contributed by atoms with Crippen LogP contribution in [-0.4, -0.2) is 34.9 Å². The monoisotopic (exact) mass is 307 g/mol. The lowest BCUT2D eigenvalue weighted by molar-refractivity contribution is -0.122. The summed E-state index contributed by atoms with van der Waals surface area (Å²) in [7, 11) is 0. The van der Waals surface area contributed by atoms with Crippen molar-refractivity contribution < 1.29 is 14.0 Å². The largest absolute Gasteiger partial charge is 0.465 e. The number of carbonyl (C=O) groups excluding carboxylic acids is 2. The normalized spacial score (nSPS) is 18.7. The number of nitrogens with zero attached hydrogens (tertiary/aromatic N) is 1. The van der Waals surface area contributed by atoms with Crippen LogP contribution in [0.3, 0.4) is 0 Å². The van der Waals surface area contributed by atoms with Gasteiger partial charge in [-0.3, -0.25) is 14.9 Å². The number of rotatable bonds is 3. The van der Waals surface area contributed by atoms with Gasteiger partial charge in [0, 0.05) is 19.2 Å². The van der Waals surface area contributed by atoms with Crippen molar-refractivity contribution in [2.24, 2.45) is 11.7 Å². The van der Waals surface area contributed by atoms with E-state index in [1.54, 1.807) is 23.1 Å². The zero-order valence-electron chi connectivity index (χ0n) is 11.5. The van der Waals surface area contributed by atoms with E-state index in [1.165, 1.54) is 12.3 Å². The molecular formula is C14H17N3O3S. The Balaban J connectivity index is 1.86. The number of amides is 2. The van der Waals surface area contributed by atoms with Crippen molar-refractivity contribution in [1.29, 1.82) is 0 Å². The summed E-state index contributed by atoms with van der Waals surface area (Å²) in [5.74, 6) is -0.292. The summed E-state index contributed by atoms with van der Waals surface area (Å²) >= 11 is 5.19. The Bertz CT molecular complexity index is 554. The molecule has 3 N–H and O–H groups in total. The maximum absolute atomic E-state index is 11.8. The summed E-state index contributed by atoms with van der Waals surface area (Å²) in [5.41, 5.74) is 5.31. The van der Waals surface area contributed by atoms with Gasteiger partial charge in [0.1, 0.15) is 5.76 Å². The number of thiocarbonyl (C=S) groups is 1. The highest BCUT2D eigenvalue weighted by Gasteiger charge is 2.25. The first-order valence-electron chi connectivity index (χ1n) is 6.67. The average Bonchev–Trinajstić information content (AvgIpc) is 2.98. The second kappa shape index (κ2) is 7.03. The van der Waals surface area contributed by atoms with E-state index in [-0.39, 0.29) is 17.7 Å². The van der Waals surface area contributed by atoms with Crippen LogP contribution in [-0.2, 0) is 9.59 Å². The smallest absolute Gasteiger partial charge is 0.250 e. The molecule has 0 bridgehead atoms. The molecule has 0 spiro atoms. The lowest BCUT2D eigenvalue weighted by Crippen LogP contribution is -2.49. The van der Waals surface area contributed by atoms with Gasteiger partial charge >= 0.3 is 0 Å². The number of nitrogens with one attached hydrogen (secondary N) is 1. The fraction of sp³-hybridized carbons (Fsp3) is 0.357. The van der Waals surface area contributed by atoms with Gasteiger partial charge in [-0.1, -0.05) is 0 Å². The molecule has 0 aromatic carbocycles. The Morgan fingerprint density at radius 3 is 3.00 bits per heavy atom. The molecule has 112 valence electrons. The number of furan rings is 1. The minimum absolute atomic E-state index is 0.215. The van der Waals surface area contributed by atoms with Crippen molar-refractivity contribution in [3.63, 3.8) is 0 Å². The van der Waals surface area contributed by atoms with Crippen LogP contribution in [0.1, 0.15) is 18.6 Å². The van der Waals surface area contributed by atoms with Gasteiger partial charge in [-0.15, -0.1) is 0 Å². The zero-order valence-corrected chi connectivity index (χ0v) is 12.3. The van der Waals surface area contributed by atoms with Crippen molar-refractivity contribution in [3.05, 3.63) is 30.2 Å². The topological polar surface area (TPSA) is 88.6 Å². The third kappa shape index (κ3) is 4.42. The number of piperidine rings is 1. The van der Waals surface area contributed by atoms with Crippen molar-refractivity contribution in [3.8, 4) is 0 Å². The van der Waals surface area contributed by atoms with E-state index < -0.39 is 0 Å². The highest BCUT2D eigenvalue weighted by atomic mass is 32.1. The third-order valence-electron chi connectivity index (χ3n) is 3.28. The fourth-order valence-electron chi connectivity index (χ4n) is 2.16. The molecule has 1 aliphatic rings. The predicted molar refractivity (Wildman–Crippen MR) is 82.0 cm³/mol. The Kier molecular flexibility index (Phi) is 5.10. The van der Waals surface area contributed by atoms with Gasteiger partial charge in [0.25, 0.3) is 0 Å². The molecule has 1 unspecified atom stereocenters. The van der Waals surface area contributed by atoms with Crippen LogP contribution in [0.15, 0.2) is 28.9 Å². The van der Waals surface area contributed by atoms with E-state index in [2.05, 4.69) is 5.32 Å². The van der Waals surface area contributed by atoms with E-state index >= 15 is 0 Å². The summed E-state index contributed by atoms with van der Waals surface area (Å²) in [5, 5.41) is 2.92. The van der Waals surface area contributed by atoms with Crippen LogP contribution < -0.4 is 11.1 Å². The first-order chi connectivity index (χ1) is 10.1. The number of hydrogen-bond donors (Lipinski definition) is 2. The molecule has 1 fully saturated rings. The lowest BCUT2D eigenvalue weighted by atomic mass is 9.98. The number of carbonyl (C=O) groups is 2. The van der Waals surface area contributed by atoms with Gasteiger partial charge in [0.2, 0.25) is 11.8 Å². The summed E-state index contributed by atoms with van der Waals surface area (Å²) in [6.07, 6.45) is 6.02. The van der Waals surface area contributed by atoms with Crippen LogP contribution in [0.5, 0.6) is 0 Å². The number of primary amides is 1. The van der Waals surface area contributed by atoms with E-state index in [9.17, 15) is 9.59 Å². The number of likely N-dealkylation sites (tertiary alicyclic amines) is 1. The van der Waals surface area contributed by atoms with Gasteiger partial charge in [-0.2, -0.15) is 0 Å². The first-order valence-corrected chi connectivity index (χ1v) is 7.08. The van der Waals surface area contributed by atoms with Crippen LogP contribution in [0.25, 0.3) is 6.08 Å². The Morgan fingerprint density at radius 1 is 1.52 bits per heavy atom. The van der Waals surface area contributed by atoms with Gasteiger partial charge in [-0.05, 0) is 43.3 Å². The molecule has 0 aliphatic carbocycles. The third-order valence-corrected chi connectivity index (χ3v) is 3.64. The maximum Gasteiger partial charge on any atom is 0.250 e. The average molecular weight is 307 g/mol. The molecule has 0 saturated carbocycles. The van der Waals surface area contributed by atoms with Gasteiger partial charge in [-0.25, -0.2) is 0 Å². The summed E-state index contributed by atoms with van der Waals surface area (Å²) in [6.45, 7) is 1.17. The van der Waals surface area contributed by atoms with Crippen molar-refractivity contribution >= 4 is 35.2 Å². The van der Waals surface area contributed by atoms with Crippen LogP contribution in [0, 0.1) is 5.92 Å². The van der Waals surface area contributed by atoms with E-state index in [1.807, 2.05) is 0 Å². The van der Waals surface area contributed by atoms with E-state index in [4.69, 9.17) is 22.4 Å². The molecule has 1 atom stereocenters. The molecule has 21 heavy (non-hydrogen) atoms. The Hall–Kier alpha value is -2.15. The predicted octanol–water partition coefficient (Wildman–Crippen LogP) is 0.891. The SMILES string of the molecule is NC(=O)C1CCCN(C(=S)NC(=O)C=Cc2ccco2)C1. The molecule has 7 heteroatoms. The standard InChI is InChI=1S/C14H17N3O3S/c15-13(19)10-3-1-7-17(9-10)14(21)16-12(18)6-5-11-4-2-8-20-11/h2,4-6,8,10H,1,3,7,9H2,(H2,15,19)(H,16,18,21). The van der Waals surface area contributed by atoms with E-state index in [0.29, 0.717) is 24.0 Å². The van der Waals surface area contributed by atoms with Gasteiger partial charge in [0.05, 0.1) is 12.2 Å². The highest BCUT2D eigenvalue weighted by molar-refractivity contribution is 7.80. The van der Waals surface area contributed by atoms with Gasteiger partial charge in [0.15, 0.2) is 5.11 Å². The fourth-order valence-corrected chi connectivity index (χ4v) is 2.43. The number of hydrogen-bond acceptors (Lipinski definition) is 4. The van der Waals surface area contributed by atoms with Crippen molar-refractivity contribution in [2.75, 3.05) is 13.1 Å². The molecule has 1 aromatic heterocycles. The first kappa shape index (κ1) is 15.2. The summed E-state index contributed by atoms with van der Waals surface area (Å²) < 4.78 is 5.08. The van der Waals surface area contributed by atoms with Crippen molar-refractivity contribution in [1.82, 2.24) is 10.2 Å².